The van der Waals surface area contributed by atoms with Crippen molar-refractivity contribution < 1.29 is 18.4 Å². The first-order valence-corrected chi connectivity index (χ1v) is 3.42. The van der Waals surface area contributed by atoms with Crippen LogP contribution in [0.5, 0.6) is 0 Å². The fraction of sp³-hybridized carbons (Fsp3) is 0.286. The van der Waals surface area contributed by atoms with E-state index in [1.54, 1.807) is 5.48 Å². The molecule has 0 aliphatic carbocycles. The molecule has 0 amide bonds. The predicted octanol–water partition coefficient (Wildman–Crippen LogP) is 1.58. The molecule has 13 heavy (non-hydrogen) atoms. The number of nitrogens with zero attached hydrogens (tertiary/aromatic N) is 1. The Morgan fingerprint density at radius 1 is 1.46 bits per heavy atom. The summed E-state index contributed by atoms with van der Waals surface area (Å²) in [6.45, 7) is -0.253. The zero-order valence-corrected chi connectivity index (χ0v) is 6.47. The van der Waals surface area contributed by atoms with Crippen LogP contribution in [-0.4, -0.2) is 10.2 Å². The van der Waals surface area contributed by atoms with E-state index in [2.05, 4.69) is 4.98 Å². The molecule has 6 heteroatoms. The molecule has 0 aliphatic heterocycles. The Morgan fingerprint density at radius 3 is 2.69 bits per heavy atom. The molecule has 72 valence electrons. The lowest BCUT2D eigenvalue weighted by Crippen LogP contribution is -2.14. The fourth-order valence-corrected chi connectivity index (χ4v) is 0.918. The Hall–Kier alpha value is -1.14. The second-order valence-electron chi connectivity index (χ2n) is 2.37. The minimum Gasteiger partial charge on any atom is -0.316 e. The van der Waals surface area contributed by atoms with Crippen molar-refractivity contribution in [2.75, 3.05) is 0 Å². The maximum Gasteiger partial charge on any atom is 0.418 e. The van der Waals surface area contributed by atoms with E-state index in [1.807, 2.05) is 0 Å². The van der Waals surface area contributed by atoms with Crippen LogP contribution in [0.3, 0.4) is 0 Å². The molecule has 0 saturated carbocycles. The highest BCUT2D eigenvalue weighted by Gasteiger charge is 2.33. The first kappa shape index (κ1) is 9.94. The summed E-state index contributed by atoms with van der Waals surface area (Å²) < 4.78 is 36.7. The van der Waals surface area contributed by atoms with Crippen molar-refractivity contribution >= 4 is 0 Å². The third-order valence-electron chi connectivity index (χ3n) is 1.49. The molecule has 0 radical (unpaired) electrons. The Balaban J connectivity index is 3.05. The lowest BCUT2D eigenvalue weighted by atomic mass is 10.1. The number of alkyl halides is 3. The molecule has 0 bridgehead atoms. The van der Waals surface area contributed by atoms with Gasteiger partial charge in [0.1, 0.15) is 0 Å². The number of rotatable bonds is 2. The molecule has 0 fully saturated rings. The van der Waals surface area contributed by atoms with Gasteiger partial charge in [0.15, 0.2) is 0 Å². The largest absolute Gasteiger partial charge is 0.418 e. The fourth-order valence-electron chi connectivity index (χ4n) is 0.918. The number of nitrogens with one attached hydrogen (secondary N) is 1. The van der Waals surface area contributed by atoms with Gasteiger partial charge in [-0.25, -0.2) is 5.48 Å². The SMILES string of the molecule is ONCc1ccncc1C(F)(F)F. The van der Waals surface area contributed by atoms with E-state index >= 15 is 0 Å². The number of pyridine rings is 1. The summed E-state index contributed by atoms with van der Waals surface area (Å²) in [7, 11) is 0. The normalized spacial score (nSPS) is 11.7. The van der Waals surface area contributed by atoms with E-state index in [0.717, 1.165) is 6.20 Å². The van der Waals surface area contributed by atoms with E-state index < -0.39 is 11.7 Å². The van der Waals surface area contributed by atoms with Gasteiger partial charge in [0, 0.05) is 18.9 Å². The van der Waals surface area contributed by atoms with Gasteiger partial charge in [0.25, 0.3) is 0 Å². The van der Waals surface area contributed by atoms with Gasteiger partial charge in [-0.1, -0.05) is 0 Å². The van der Waals surface area contributed by atoms with E-state index in [9.17, 15) is 13.2 Å². The first-order valence-electron chi connectivity index (χ1n) is 3.42. The topological polar surface area (TPSA) is 45.1 Å². The Bertz CT molecular complexity index is 287. The van der Waals surface area contributed by atoms with Crippen LogP contribution in [0.2, 0.25) is 0 Å². The summed E-state index contributed by atoms with van der Waals surface area (Å²) in [4.78, 5) is 3.36. The lowest BCUT2D eigenvalue weighted by Gasteiger charge is -2.10. The molecule has 1 aromatic heterocycles. The number of hydroxylamine groups is 1. The van der Waals surface area contributed by atoms with Crippen LogP contribution in [0, 0.1) is 0 Å². The van der Waals surface area contributed by atoms with Crippen molar-refractivity contribution in [3.05, 3.63) is 29.6 Å². The Kier molecular flexibility index (Phi) is 2.84. The average molecular weight is 192 g/mol. The number of halogens is 3. The van der Waals surface area contributed by atoms with Gasteiger partial charge in [-0.2, -0.15) is 13.2 Å². The van der Waals surface area contributed by atoms with Crippen molar-refractivity contribution in [1.82, 2.24) is 10.5 Å². The van der Waals surface area contributed by atoms with Gasteiger partial charge in [0.05, 0.1) is 5.56 Å². The zero-order chi connectivity index (χ0) is 9.90. The third kappa shape index (κ3) is 2.40. The highest BCUT2D eigenvalue weighted by Crippen LogP contribution is 2.30. The molecule has 0 aliphatic rings. The van der Waals surface area contributed by atoms with Gasteiger partial charge in [0.2, 0.25) is 0 Å². The van der Waals surface area contributed by atoms with Gasteiger partial charge >= 0.3 is 6.18 Å². The third-order valence-corrected chi connectivity index (χ3v) is 1.49. The predicted molar refractivity (Wildman–Crippen MR) is 37.9 cm³/mol. The highest BCUT2D eigenvalue weighted by molar-refractivity contribution is 5.25. The van der Waals surface area contributed by atoms with Crippen molar-refractivity contribution in [2.24, 2.45) is 0 Å². The van der Waals surface area contributed by atoms with Gasteiger partial charge in [-0.05, 0) is 11.6 Å². The van der Waals surface area contributed by atoms with Gasteiger partial charge < -0.3 is 5.21 Å². The van der Waals surface area contributed by atoms with Crippen LogP contribution in [0.4, 0.5) is 13.2 Å². The summed E-state index contributed by atoms with van der Waals surface area (Å²) >= 11 is 0. The molecule has 0 unspecified atom stereocenters. The van der Waals surface area contributed by atoms with Crippen LogP contribution < -0.4 is 5.48 Å². The molecule has 0 atom stereocenters. The first-order chi connectivity index (χ1) is 6.05. The number of aromatic nitrogens is 1. The van der Waals surface area contributed by atoms with Crippen LogP contribution >= 0.6 is 0 Å². The second kappa shape index (κ2) is 3.71. The molecule has 0 saturated heterocycles. The maximum absolute atomic E-state index is 12.2. The molecule has 0 spiro atoms. The molecule has 3 nitrogen and oxygen atoms in total. The standard InChI is InChI=1S/C7H7F3N2O/c8-7(9,10)6-4-11-2-1-5(6)3-12-13/h1-2,4,12-13H,3H2. The second-order valence-corrected chi connectivity index (χ2v) is 2.37. The maximum atomic E-state index is 12.2. The minimum absolute atomic E-state index is 0.0370. The number of hydrogen-bond acceptors (Lipinski definition) is 3. The quantitative estimate of drug-likeness (QED) is 0.699. The molecule has 1 aromatic rings. The van der Waals surface area contributed by atoms with E-state index in [4.69, 9.17) is 5.21 Å². The molecule has 1 rings (SSSR count). The van der Waals surface area contributed by atoms with Crippen LogP contribution in [-0.2, 0) is 12.7 Å². The van der Waals surface area contributed by atoms with Crippen LogP contribution in [0.1, 0.15) is 11.1 Å². The van der Waals surface area contributed by atoms with Crippen molar-refractivity contribution in [1.29, 1.82) is 0 Å². The Labute approximate surface area is 72.2 Å². The summed E-state index contributed by atoms with van der Waals surface area (Å²) in [5.74, 6) is 0. The highest BCUT2D eigenvalue weighted by atomic mass is 19.4. The molecule has 0 aromatic carbocycles. The Morgan fingerprint density at radius 2 is 2.15 bits per heavy atom. The van der Waals surface area contributed by atoms with E-state index in [1.165, 1.54) is 12.3 Å². The van der Waals surface area contributed by atoms with Crippen molar-refractivity contribution in [3.63, 3.8) is 0 Å². The minimum atomic E-state index is -4.43. The molecule has 2 N–H and O–H groups in total. The lowest BCUT2D eigenvalue weighted by molar-refractivity contribution is -0.138. The summed E-state index contributed by atoms with van der Waals surface area (Å²) in [6, 6.07) is 1.20. The van der Waals surface area contributed by atoms with Gasteiger partial charge in [-0.3, -0.25) is 4.98 Å². The van der Waals surface area contributed by atoms with E-state index in [-0.39, 0.29) is 12.1 Å². The van der Waals surface area contributed by atoms with Crippen LogP contribution in [0.15, 0.2) is 18.5 Å². The smallest absolute Gasteiger partial charge is 0.316 e. The molecular weight excluding hydrogens is 185 g/mol. The van der Waals surface area contributed by atoms with Crippen LogP contribution in [0.25, 0.3) is 0 Å². The van der Waals surface area contributed by atoms with Crippen molar-refractivity contribution in [2.45, 2.75) is 12.7 Å². The summed E-state index contributed by atoms with van der Waals surface area (Å²) in [5.41, 5.74) is 0.795. The molecular formula is C7H7F3N2O. The van der Waals surface area contributed by atoms with E-state index in [0.29, 0.717) is 0 Å². The monoisotopic (exact) mass is 192 g/mol. The molecule has 1 heterocycles. The summed E-state index contributed by atoms with van der Waals surface area (Å²) in [6.07, 6.45) is -2.46. The number of hydrogen-bond donors (Lipinski definition) is 2. The summed E-state index contributed by atoms with van der Waals surface area (Å²) in [5, 5.41) is 8.27. The zero-order valence-electron chi connectivity index (χ0n) is 6.47. The van der Waals surface area contributed by atoms with Gasteiger partial charge in [-0.15, -0.1) is 0 Å². The average Bonchev–Trinajstić information content (AvgIpc) is 2.04. The van der Waals surface area contributed by atoms with Crippen molar-refractivity contribution in [3.8, 4) is 0 Å².